The number of benzene rings is 1. The summed E-state index contributed by atoms with van der Waals surface area (Å²) in [4.78, 5) is 12.5. The summed E-state index contributed by atoms with van der Waals surface area (Å²) < 4.78 is 25.4. The van der Waals surface area contributed by atoms with Crippen LogP contribution in [0.4, 0.5) is 5.95 Å². The zero-order valence-electron chi connectivity index (χ0n) is 17.5. The second-order valence-electron chi connectivity index (χ2n) is 7.77. The number of ether oxygens (including phenoxy) is 2. The van der Waals surface area contributed by atoms with E-state index in [-0.39, 0.29) is 25.0 Å². The second-order valence-corrected chi connectivity index (χ2v) is 10.0. The molecule has 2 fully saturated rings. The molecule has 0 spiro atoms. The first-order valence-electron chi connectivity index (χ1n) is 10.4. The molecule has 5 atom stereocenters. The highest BCUT2D eigenvalue weighted by atomic mass is 35.5. The Morgan fingerprint density at radius 3 is 3.09 bits per heavy atom. The molecule has 3 N–H and O–H groups in total. The van der Waals surface area contributed by atoms with E-state index < -0.39 is 26.8 Å². The smallest absolute Gasteiger partial charge is 0.223 e. The third kappa shape index (κ3) is 5.11. The topological polar surface area (TPSA) is 127 Å². The van der Waals surface area contributed by atoms with Gasteiger partial charge in [0.1, 0.15) is 29.2 Å². The lowest BCUT2D eigenvalue weighted by Gasteiger charge is -2.29. The summed E-state index contributed by atoms with van der Waals surface area (Å²) in [6.07, 6.45) is 1.24. The Hall–Kier alpha value is -1.56. The number of thiol groups is 1. The summed E-state index contributed by atoms with van der Waals surface area (Å²) in [5, 5.41) is 11.6. The molecule has 4 heterocycles. The van der Waals surface area contributed by atoms with Crippen LogP contribution in [0.5, 0.6) is 0 Å². The standard InChI is InChI=1S/C20H23ClN5O5PS/c21-12-3-1-2-11(6-12)14-4-5-29-32(31-14)10-28-8-15-13(27)7-16(30-15)26-9-23-17-18(26)24-20(22)25-19(17)33/h1-3,6,9,13-16,27H,4-5,7-8,10H2,(H3,22,24,25,33)/t13-,14?,15+,16+,32?/m0/s1. The van der Waals surface area contributed by atoms with Gasteiger partial charge in [-0.25, -0.2) is 9.97 Å². The Balaban J connectivity index is 1.16. The predicted octanol–water partition coefficient (Wildman–Crippen LogP) is 3.46. The van der Waals surface area contributed by atoms with Crippen molar-refractivity contribution in [3.8, 4) is 0 Å². The summed E-state index contributed by atoms with van der Waals surface area (Å²) >= 11 is 10.4. The van der Waals surface area contributed by atoms with E-state index in [0.717, 1.165) is 12.0 Å². The van der Waals surface area contributed by atoms with E-state index in [1.165, 1.54) is 0 Å². The van der Waals surface area contributed by atoms with Gasteiger partial charge in [0.05, 0.1) is 31.7 Å². The Labute approximate surface area is 201 Å². The van der Waals surface area contributed by atoms with Gasteiger partial charge in [0.15, 0.2) is 14.0 Å². The number of hydrogen-bond acceptors (Lipinski definition) is 10. The fraction of sp³-hybridized carbons (Fsp3) is 0.450. The lowest BCUT2D eigenvalue weighted by atomic mass is 10.1. The van der Waals surface area contributed by atoms with E-state index in [9.17, 15) is 5.11 Å². The van der Waals surface area contributed by atoms with E-state index in [1.807, 2.05) is 24.3 Å². The van der Waals surface area contributed by atoms with Gasteiger partial charge < -0.3 is 29.4 Å². The molecule has 0 amide bonds. The number of fused-ring (bicyclic) bond motifs is 1. The molecule has 5 rings (SSSR count). The van der Waals surface area contributed by atoms with Crippen LogP contribution in [-0.4, -0.2) is 56.4 Å². The number of hydrogen-bond donors (Lipinski definition) is 3. The van der Waals surface area contributed by atoms with Gasteiger partial charge in [-0.1, -0.05) is 23.7 Å². The lowest BCUT2D eigenvalue weighted by molar-refractivity contribution is -0.0571. The fourth-order valence-corrected chi connectivity index (χ4v) is 5.63. The normalized spacial score (nSPS) is 27.9. The van der Waals surface area contributed by atoms with Crippen molar-refractivity contribution in [1.82, 2.24) is 19.5 Å². The molecule has 0 bridgehead atoms. The highest BCUT2D eigenvalue weighted by Crippen LogP contribution is 2.49. The van der Waals surface area contributed by atoms with Crippen LogP contribution in [0.25, 0.3) is 11.2 Å². The Morgan fingerprint density at radius 2 is 2.24 bits per heavy atom. The van der Waals surface area contributed by atoms with Crippen molar-refractivity contribution in [2.75, 3.05) is 25.3 Å². The average molecular weight is 512 g/mol. The molecule has 2 aliphatic rings. The molecule has 3 aromatic rings. The number of anilines is 1. The molecule has 0 saturated carbocycles. The van der Waals surface area contributed by atoms with Crippen molar-refractivity contribution in [2.24, 2.45) is 0 Å². The molecule has 2 saturated heterocycles. The first-order valence-corrected chi connectivity index (χ1v) is 12.6. The second kappa shape index (κ2) is 9.97. The Bertz CT molecular complexity index is 1140. The monoisotopic (exact) mass is 511 g/mol. The molecule has 13 heteroatoms. The number of rotatable bonds is 6. The van der Waals surface area contributed by atoms with Crippen LogP contribution < -0.4 is 5.73 Å². The van der Waals surface area contributed by atoms with Gasteiger partial charge in [0, 0.05) is 17.9 Å². The van der Waals surface area contributed by atoms with E-state index in [4.69, 9.17) is 35.9 Å². The van der Waals surface area contributed by atoms with Crippen LogP contribution in [0.1, 0.15) is 30.7 Å². The largest absolute Gasteiger partial charge is 0.390 e. The molecule has 1 aromatic carbocycles. The molecular weight excluding hydrogens is 489 g/mol. The molecule has 2 aliphatic heterocycles. The van der Waals surface area contributed by atoms with Crippen LogP contribution >= 0.6 is 32.6 Å². The van der Waals surface area contributed by atoms with Crippen LogP contribution in [0.2, 0.25) is 5.02 Å². The minimum atomic E-state index is -1.21. The van der Waals surface area contributed by atoms with E-state index in [0.29, 0.717) is 34.2 Å². The van der Waals surface area contributed by atoms with Crippen molar-refractivity contribution >= 4 is 49.7 Å². The summed E-state index contributed by atoms with van der Waals surface area (Å²) in [6, 6.07) is 7.64. The quantitative estimate of drug-likeness (QED) is 0.259. The number of aliphatic hydroxyl groups is 1. The van der Waals surface area contributed by atoms with Crippen LogP contribution in [0, 0.1) is 0 Å². The molecule has 0 radical (unpaired) electrons. The van der Waals surface area contributed by atoms with Crippen LogP contribution in [0.15, 0.2) is 35.6 Å². The number of halogens is 1. The van der Waals surface area contributed by atoms with Crippen molar-refractivity contribution in [3.63, 3.8) is 0 Å². The van der Waals surface area contributed by atoms with Crippen LogP contribution in [0.3, 0.4) is 0 Å². The minimum absolute atomic E-state index is 0.0782. The van der Waals surface area contributed by atoms with Crippen molar-refractivity contribution in [1.29, 1.82) is 0 Å². The number of imidazole rings is 1. The minimum Gasteiger partial charge on any atom is -0.390 e. The number of nitrogens with zero attached hydrogens (tertiary/aromatic N) is 4. The summed E-state index contributed by atoms with van der Waals surface area (Å²) in [5.41, 5.74) is 7.80. The molecule has 0 aliphatic carbocycles. The SMILES string of the molecule is Nc1nc(S)c2ncn([C@H]3C[C@H](O)[C@@H](COCP4OCCC(c5cccc(Cl)c5)O4)O3)c2n1. The molecule has 2 aromatic heterocycles. The molecule has 10 nitrogen and oxygen atoms in total. The van der Waals surface area contributed by atoms with Gasteiger partial charge in [0.2, 0.25) is 5.95 Å². The highest BCUT2D eigenvalue weighted by Gasteiger charge is 2.36. The zero-order valence-corrected chi connectivity index (χ0v) is 20.0. The maximum Gasteiger partial charge on any atom is 0.223 e. The first kappa shape index (κ1) is 23.2. The predicted molar refractivity (Wildman–Crippen MR) is 125 cm³/mol. The van der Waals surface area contributed by atoms with Gasteiger partial charge in [-0.05, 0) is 17.7 Å². The molecule has 176 valence electrons. The van der Waals surface area contributed by atoms with E-state index >= 15 is 0 Å². The molecular formula is C20H23ClN5O5PS. The highest BCUT2D eigenvalue weighted by molar-refractivity contribution is 7.80. The van der Waals surface area contributed by atoms with Gasteiger partial charge >= 0.3 is 0 Å². The van der Waals surface area contributed by atoms with Crippen molar-refractivity contribution < 1.29 is 23.6 Å². The summed E-state index contributed by atoms with van der Waals surface area (Å²) in [7, 11) is -1.21. The number of nitrogen functional groups attached to an aromatic ring is 1. The lowest BCUT2D eigenvalue weighted by Crippen LogP contribution is -2.27. The van der Waals surface area contributed by atoms with Crippen molar-refractivity contribution in [2.45, 2.75) is 42.4 Å². The Kier molecular flexibility index (Phi) is 7.01. The maximum atomic E-state index is 10.5. The molecule has 33 heavy (non-hydrogen) atoms. The van der Waals surface area contributed by atoms with Gasteiger partial charge in [-0.15, -0.1) is 12.6 Å². The van der Waals surface area contributed by atoms with E-state index in [2.05, 4.69) is 27.6 Å². The molecule has 2 unspecified atom stereocenters. The first-order chi connectivity index (χ1) is 16.0. The number of aliphatic hydroxyl groups excluding tert-OH is 1. The van der Waals surface area contributed by atoms with Crippen molar-refractivity contribution in [3.05, 3.63) is 41.2 Å². The summed E-state index contributed by atoms with van der Waals surface area (Å²) in [5.74, 6) is 0.0959. The maximum absolute atomic E-state index is 10.5. The number of aromatic nitrogens is 4. The Morgan fingerprint density at radius 1 is 1.36 bits per heavy atom. The zero-order chi connectivity index (χ0) is 22.9. The van der Waals surface area contributed by atoms with Crippen LogP contribution in [-0.2, 0) is 18.5 Å². The van der Waals surface area contributed by atoms with Gasteiger partial charge in [0.25, 0.3) is 0 Å². The van der Waals surface area contributed by atoms with Gasteiger partial charge in [-0.3, -0.25) is 4.57 Å². The third-order valence-electron chi connectivity index (χ3n) is 5.49. The van der Waals surface area contributed by atoms with Gasteiger partial charge in [-0.2, -0.15) is 4.98 Å². The third-order valence-corrected chi connectivity index (χ3v) is 7.39. The fourth-order valence-electron chi connectivity index (χ4n) is 3.90. The average Bonchev–Trinajstić information content (AvgIpc) is 3.37. The number of nitrogens with two attached hydrogens (primary N) is 1. The van der Waals surface area contributed by atoms with E-state index in [1.54, 1.807) is 10.9 Å². The summed E-state index contributed by atoms with van der Waals surface area (Å²) in [6.45, 7) is 0.787.